The smallest absolute Gasteiger partial charge is 0.306 e. The van der Waals surface area contributed by atoms with E-state index in [2.05, 4.69) is 10.2 Å². The number of methoxy groups -OCH3 is 1. The van der Waals surface area contributed by atoms with Crippen molar-refractivity contribution in [3.05, 3.63) is 34.4 Å². The Hall–Kier alpha value is -3.49. The van der Waals surface area contributed by atoms with E-state index in [1.165, 1.54) is 7.11 Å². The maximum absolute atomic E-state index is 13.8. The molecule has 1 unspecified atom stereocenters. The molecule has 0 spiro atoms. The van der Waals surface area contributed by atoms with Crippen molar-refractivity contribution < 1.29 is 43.3 Å². The number of nitrogens with zero attached hydrogens (tertiary/aromatic N) is 2. The second-order valence-electron chi connectivity index (χ2n) is 13.1. The van der Waals surface area contributed by atoms with Gasteiger partial charge in [0.05, 0.1) is 25.4 Å². The molecule has 2 amide bonds. The molecule has 47 heavy (non-hydrogen) atoms. The third-order valence-corrected chi connectivity index (χ3v) is 8.00. The van der Waals surface area contributed by atoms with Crippen LogP contribution in [0.3, 0.4) is 0 Å². The summed E-state index contributed by atoms with van der Waals surface area (Å²) in [6, 6.07) is 6.63. The van der Waals surface area contributed by atoms with Crippen LogP contribution in [-0.4, -0.2) is 81.3 Å². The Morgan fingerprint density at radius 1 is 1.21 bits per heavy atom. The molecule has 4 atom stereocenters. The molecule has 1 aliphatic heterocycles. The van der Waals surface area contributed by atoms with Gasteiger partial charge in [-0.05, 0) is 49.1 Å². The number of anilines is 1. The lowest BCUT2D eigenvalue weighted by Crippen LogP contribution is -2.48. The average Bonchev–Trinajstić information content (AvgIpc) is 3.00. The summed E-state index contributed by atoms with van der Waals surface area (Å²) >= 11 is 0. The van der Waals surface area contributed by atoms with Crippen molar-refractivity contribution in [3.8, 4) is 5.75 Å². The van der Waals surface area contributed by atoms with Crippen LogP contribution in [-0.2, 0) is 33.4 Å². The van der Waals surface area contributed by atoms with E-state index in [0.29, 0.717) is 30.9 Å². The molecular weight excluding hydrogens is 612 g/mol. The number of nitrogens with two attached hydrogens (primary N) is 1. The van der Waals surface area contributed by atoms with Gasteiger partial charge in [-0.15, -0.1) is 10.1 Å². The zero-order valence-electron chi connectivity index (χ0n) is 28.7. The van der Waals surface area contributed by atoms with Crippen molar-refractivity contribution in [2.45, 2.75) is 97.8 Å². The number of carbonyl (C=O) groups is 3. The van der Waals surface area contributed by atoms with Crippen LogP contribution in [0.4, 0.5) is 5.69 Å². The average molecular weight is 667 g/mol. The van der Waals surface area contributed by atoms with Crippen LogP contribution in [0.15, 0.2) is 24.3 Å². The molecular formula is C33H54N4O10. The lowest BCUT2D eigenvalue weighted by atomic mass is 9.78. The van der Waals surface area contributed by atoms with Gasteiger partial charge in [-0.2, -0.15) is 0 Å². The SMILES string of the molecule is CCCCNC(=O)[C@H](C[C@H](OC(=O)CCCO[N+](=O)[O-])C(N)CC(C)(C)CC(=O)N1C[C@H](COCOC)Oc2ccccc21)C(C)C. The number of nitrogens with one attached hydrogen (secondary N) is 1. The summed E-state index contributed by atoms with van der Waals surface area (Å²) < 4.78 is 22.4. The predicted octanol–water partition coefficient (Wildman–Crippen LogP) is 4.01. The molecule has 0 bridgehead atoms. The number of fused-ring (bicyclic) bond motifs is 1. The van der Waals surface area contributed by atoms with Gasteiger partial charge in [-0.1, -0.05) is 53.2 Å². The Kier molecular flexibility index (Phi) is 16.9. The van der Waals surface area contributed by atoms with Crippen molar-refractivity contribution in [1.82, 2.24) is 5.32 Å². The normalized spacial score (nSPS) is 16.4. The van der Waals surface area contributed by atoms with Crippen molar-refractivity contribution in [3.63, 3.8) is 0 Å². The lowest BCUT2D eigenvalue weighted by molar-refractivity contribution is -0.757. The summed E-state index contributed by atoms with van der Waals surface area (Å²) in [5.41, 5.74) is 6.79. The summed E-state index contributed by atoms with van der Waals surface area (Å²) in [6.45, 7) is 10.7. The molecule has 1 heterocycles. The second-order valence-corrected chi connectivity index (χ2v) is 13.1. The molecule has 0 radical (unpaired) electrons. The standard InChI is InChI=1S/C33H54N4O10/c1-7-8-15-35-32(40)25(23(2)3)17-29(47-31(39)14-11-16-45-37(41)42)26(34)18-33(4,5)19-30(38)36-20-24(21-44-22-43-6)46-28-13-10-9-12-27(28)36/h9-10,12-13,23-26,29H,7-8,11,14-22,34H2,1-6H3,(H,35,40)/t24-,25-,26?,29+/m1/s1. The van der Waals surface area contributed by atoms with Crippen LogP contribution in [0.25, 0.3) is 0 Å². The number of unbranched alkanes of at least 4 members (excludes halogenated alkanes) is 1. The zero-order chi connectivity index (χ0) is 35.0. The molecule has 0 saturated carbocycles. The summed E-state index contributed by atoms with van der Waals surface area (Å²) in [7, 11) is 1.53. The molecule has 0 aromatic heterocycles. The van der Waals surface area contributed by atoms with Gasteiger partial charge in [-0.3, -0.25) is 14.4 Å². The molecule has 0 aliphatic carbocycles. The lowest BCUT2D eigenvalue weighted by Gasteiger charge is -2.38. The number of hydrogen-bond donors (Lipinski definition) is 2. The summed E-state index contributed by atoms with van der Waals surface area (Å²) in [5.74, 6) is -0.794. The summed E-state index contributed by atoms with van der Waals surface area (Å²) in [5, 5.41) is 12.5. The minimum atomic E-state index is -0.914. The van der Waals surface area contributed by atoms with E-state index in [0.717, 1.165) is 12.8 Å². The maximum Gasteiger partial charge on any atom is 0.306 e. The number of rotatable bonds is 22. The molecule has 266 valence electrons. The highest BCUT2D eigenvalue weighted by molar-refractivity contribution is 5.95. The van der Waals surface area contributed by atoms with Crippen LogP contribution < -0.4 is 20.7 Å². The third-order valence-electron chi connectivity index (χ3n) is 8.00. The van der Waals surface area contributed by atoms with Gasteiger partial charge in [-0.25, -0.2) is 0 Å². The fourth-order valence-electron chi connectivity index (χ4n) is 5.58. The van der Waals surface area contributed by atoms with Crippen LogP contribution in [0.1, 0.15) is 79.6 Å². The number of para-hydroxylation sites is 2. The Labute approximate surface area is 278 Å². The van der Waals surface area contributed by atoms with E-state index in [1.807, 2.05) is 58.9 Å². The zero-order valence-corrected chi connectivity index (χ0v) is 28.7. The number of amides is 2. The fourth-order valence-corrected chi connectivity index (χ4v) is 5.58. The van der Waals surface area contributed by atoms with Crippen LogP contribution in [0.2, 0.25) is 0 Å². The van der Waals surface area contributed by atoms with E-state index < -0.39 is 34.5 Å². The third kappa shape index (κ3) is 14.0. The minimum absolute atomic E-state index is 0.0599. The van der Waals surface area contributed by atoms with E-state index >= 15 is 0 Å². The van der Waals surface area contributed by atoms with E-state index in [9.17, 15) is 24.5 Å². The van der Waals surface area contributed by atoms with Gasteiger partial charge >= 0.3 is 5.97 Å². The minimum Gasteiger partial charge on any atom is -0.484 e. The predicted molar refractivity (Wildman–Crippen MR) is 175 cm³/mol. The van der Waals surface area contributed by atoms with Crippen LogP contribution in [0.5, 0.6) is 5.75 Å². The molecule has 2 rings (SSSR count). The van der Waals surface area contributed by atoms with E-state index in [4.69, 9.17) is 24.7 Å². The first kappa shape index (κ1) is 39.7. The van der Waals surface area contributed by atoms with E-state index in [-0.39, 0.29) is 69.5 Å². The molecule has 0 saturated heterocycles. The molecule has 14 nitrogen and oxygen atoms in total. The highest BCUT2D eigenvalue weighted by atomic mass is 16.9. The second kappa shape index (κ2) is 20.0. The van der Waals surface area contributed by atoms with Gasteiger partial charge in [0.2, 0.25) is 11.8 Å². The van der Waals surface area contributed by atoms with E-state index in [1.54, 1.807) is 4.90 Å². The number of esters is 1. The molecule has 1 aromatic rings. The highest BCUT2D eigenvalue weighted by Crippen LogP contribution is 2.37. The molecule has 1 aliphatic rings. The largest absolute Gasteiger partial charge is 0.484 e. The Morgan fingerprint density at radius 2 is 1.94 bits per heavy atom. The topological polar surface area (TPSA) is 182 Å². The van der Waals surface area contributed by atoms with Crippen molar-refractivity contribution in [2.75, 3.05) is 45.1 Å². The molecule has 14 heteroatoms. The van der Waals surface area contributed by atoms with Gasteiger partial charge in [0, 0.05) is 38.5 Å². The monoisotopic (exact) mass is 666 g/mol. The van der Waals surface area contributed by atoms with Crippen LogP contribution in [0, 0.1) is 27.4 Å². The number of ether oxygens (including phenoxy) is 4. The fraction of sp³-hybridized carbons (Fsp3) is 0.727. The van der Waals surface area contributed by atoms with Crippen molar-refractivity contribution in [1.29, 1.82) is 0 Å². The van der Waals surface area contributed by atoms with Gasteiger partial charge < -0.3 is 39.7 Å². The Morgan fingerprint density at radius 3 is 2.60 bits per heavy atom. The first-order valence-corrected chi connectivity index (χ1v) is 16.4. The number of hydrogen-bond acceptors (Lipinski definition) is 11. The van der Waals surface area contributed by atoms with Crippen LogP contribution >= 0.6 is 0 Å². The van der Waals surface area contributed by atoms with Gasteiger partial charge in [0.25, 0.3) is 5.09 Å². The molecule has 0 fully saturated rings. The van der Waals surface area contributed by atoms with Crippen molar-refractivity contribution >= 4 is 23.5 Å². The highest BCUT2D eigenvalue weighted by Gasteiger charge is 2.37. The summed E-state index contributed by atoms with van der Waals surface area (Å²) in [6.07, 6.45) is 1.19. The Balaban J connectivity index is 2.19. The van der Waals surface area contributed by atoms with Gasteiger partial charge in [0.1, 0.15) is 24.8 Å². The number of carbonyl (C=O) groups excluding carboxylic acids is 3. The maximum atomic E-state index is 13.8. The molecule has 1 aromatic carbocycles. The first-order valence-electron chi connectivity index (χ1n) is 16.4. The first-order chi connectivity index (χ1) is 22.3. The Bertz CT molecular complexity index is 1150. The quantitative estimate of drug-likeness (QED) is 0.0600. The van der Waals surface area contributed by atoms with Gasteiger partial charge in [0.15, 0.2) is 0 Å². The van der Waals surface area contributed by atoms with Crippen molar-refractivity contribution in [2.24, 2.45) is 23.0 Å². The number of benzene rings is 1. The summed E-state index contributed by atoms with van der Waals surface area (Å²) in [4.78, 5) is 56.3. The molecule has 3 N–H and O–H groups in total.